The highest BCUT2D eigenvalue weighted by Crippen LogP contribution is 2.31. The van der Waals surface area contributed by atoms with Gasteiger partial charge in [0.25, 0.3) is 0 Å². The van der Waals surface area contributed by atoms with Crippen molar-refractivity contribution < 1.29 is 22.8 Å². The van der Waals surface area contributed by atoms with Crippen molar-refractivity contribution in [2.24, 2.45) is 0 Å². The lowest BCUT2D eigenvalue weighted by atomic mass is 10.1. The highest BCUT2D eigenvalue weighted by molar-refractivity contribution is 6.01. The maximum atomic E-state index is 13.8. The first-order valence-corrected chi connectivity index (χ1v) is 7.58. The molecule has 0 saturated heterocycles. The Balaban J connectivity index is 1.73. The van der Waals surface area contributed by atoms with Gasteiger partial charge in [-0.15, -0.1) is 10.2 Å². The molecule has 0 bridgehead atoms. The smallest absolute Gasteiger partial charge is 0.248 e. The molecule has 0 aliphatic carbocycles. The first-order chi connectivity index (χ1) is 12.5. The molecule has 0 spiro atoms. The fourth-order valence-electron chi connectivity index (χ4n) is 2.72. The lowest BCUT2D eigenvalue weighted by Crippen LogP contribution is -2.36. The van der Waals surface area contributed by atoms with Crippen LogP contribution in [0.3, 0.4) is 0 Å². The summed E-state index contributed by atoms with van der Waals surface area (Å²) in [5.41, 5.74) is -0.586. The zero-order valence-electron chi connectivity index (χ0n) is 13.1. The van der Waals surface area contributed by atoms with E-state index in [9.17, 15) is 18.4 Å². The molecule has 4 rings (SSSR count). The Labute approximate surface area is 144 Å². The van der Waals surface area contributed by atoms with Crippen molar-refractivity contribution in [3.8, 4) is 11.6 Å². The van der Waals surface area contributed by atoms with Gasteiger partial charge in [0.2, 0.25) is 23.6 Å². The molecule has 132 valence electrons. The largest absolute Gasteiger partial charge is 0.461 e. The maximum Gasteiger partial charge on any atom is 0.248 e. The number of nitrogens with one attached hydrogen (secondary N) is 2. The molecule has 3 aromatic rings. The maximum absolute atomic E-state index is 13.8. The van der Waals surface area contributed by atoms with E-state index in [1.54, 1.807) is 12.1 Å². The summed E-state index contributed by atoms with van der Waals surface area (Å²) in [5, 5.41) is 12.4. The predicted molar refractivity (Wildman–Crippen MR) is 85.0 cm³/mol. The van der Waals surface area contributed by atoms with E-state index < -0.39 is 35.2 Å². The number of furan rings is 1. The quantitative estimate of drug-likeness (QED) is 0.747. The molecule has 1 aliphatic rings. The number of amides is 2. The number of fused-ring (bicyclic) bond motifs is 1. The Morgan fingerprint density at radius 2 is 2.00 bits per heavy atom. The van der Waals surface area contributed by atoms with E-state index in [-0.39, 0.29) is 18.2 Å². The summed E-state index contributed by atoms with van der Waals surface area (Å²) in [7, 11) is 0. The number of para-hydroxylation sites is 1. The molecule has 2 amide bonds. The second kappa shape index (κ2) is 6.06. The van der Waals surface area contributed by atoms with E-state index in [4.69, 9.17) is 4.42 Å². The van der Waals surface area contributed by atoms with Crippen molar-refractivity contribution in [2.75, 3.05) is 10.6 Å². The van der Waals surface area contributed by atoms with Crippen LogP contribution in [-0.4, -0.2) is 26.6 Å². The summed E-state index contributed by atoms with van der Waals surface area (Å²) in [6.45, 7) is 0. The van der Waals surface area contributed by atoms with Gasteiger partial charge in [0.05, 0.1) is 12.7 Å². The summed E-state index contributed by atoms with van der Waals surface area (Å²) >= 11 is 0. The minimum atomic E-state index is -1.10. The Hall–Kier alpha value is -3.56. The molecule has 26 heavy (non-hydrogen) atoms. The second-order valence-electron chi connectivity index (χ2n) is 5.55. The second-order valence-corrected chi connectivity index (χ2v) is 5.55. The number of rotatable bonds is 3. The molecular formula is C16H11F2N5O3. The summed E-state index contributed by atoms with van der Waals surface area (Å²) in [4.78, 5) is 24.5. The third-order valence-corrected chi connectivity index (χ3v) is 3.89. The Kier molecular flexibility index (Phi) is 3.72. The number of aromatic nitrogens is 3. The number of benzene rings is 1. The van der Waals surface area contributed by atoms with Gasteiger partial charge in [-0.3, -0.25) is 19.5 Å². The van der Waals surface area contributed by atoms with E-state index in [2.05, 4.69) is 20.8 Å². The molecule has 2 aromatic heterocycles. The van der Waals surface area contributed by atoms with Crippen molar-refractivity contribution >= 4 is 23.5 Å². The van der Waals surface area contributed by atoms with E-state index in [1.807, 2.05) is 0 Å². The van der Waals surface area contributed by atoms with Gasteiger partial charge in [-0.05, 0) is 24.3 Å². The van der Waals surface area contributed by atoms with Crippen LogP contribution < -0.4 is 10.6 Å². The highest BCUT2D eigenvalue weighted by Gasteiger charge is 2.35. The molecule has 2 N–H and O–H groups in total. The zero-order chi connectivity index (χ0) is 18.3. The molecule has 0 unspecified atom stereocenters. The molecule has 10 heteroatoms. The topological polar surface area (TPSA) is 102 Å². The van der Waals surface area contributed by atoms with Crippen molar-refractivity contribution in [3.63, 3.8) is 0 Å². The van der Waals surface area contributed by atoms with E-state index in [0.29, 0.717) is 5.76 Å². The van der Waals surface area contributed by atoms with Gasteiger partial charge in [-0.2, -0.15) is 0 Å². The van der Waals surface area contributed by atoms with Crippen molar-refractivity contribution in [2.45, 2.75) is 12.5 Å². The van der Waals surface area contributed by atoms with Crippen molar-refractivity contribution in [1.82, 2.24) is 14.8 Å². The molecule has 8 nitrogen and oxygen atoms in total. The predicted octanol–water partition coefficient (Wildman–Crippen LogP) is 2.34. The van der Waals surface area contributed by atoms with Crippen molar-refractivity contribution in [1.29, 1.82) is 0 Å². The van der Waals surface area contributed by atoms with Gasteiger partial charge < -0.3 is 9.73 Å². The monoisotopic (exact) mass is 359 g/mol. The molecule has 0 saturated carbocycles. The highest BCUT2D eigenvalue weighted by atomic mass is 19.1. The van der Waals surface area contributed by atoms with E-state index in [0.717, 1.165) is 12.1 Å². The van der Waals surface area contributed by atoms with E-state index in [1.165, 1.54) is 16.9 Å². The zero-order valence-corrected chi connectivity index (χ0v) is 13.1. The standard InChI is InChI=1S/C16H11F2N5O3/c17-8-3-1-4-9(18)13(8)20-15(25)10-7-12(24)19-16-22-21-14(23(10)16)11-5-2-6-26-11/h1-6,10H,7H2,(H,20,25)(H,19,22,24)/t10-/m0/s1. The molecule has 1 aliphatic heterocycles. The van der Waals surface area contributed by atoms with Crippen LogP contribution in [-0.2, 0) is 9.59 Å². The third-order valence-electron chi connectivity index (χ3n) is 3.89. The van der Waals surface area contributed by atoms with Gasteiger partial charge in [-0.25, -0.2) is 8.78 Å². The Morgan fingerprint density at radius 3 is 2.69 bits per heavy atom. The van der Waals surface area contributed by atoms with Gasteiger partial charge in [0.15, 0.2) is 5.76 Å². The number of carbonyl (C=O) groups is 2. The fourth-order valence-corrected chi connectivity index (χ4v) is 2.72. The summed E-state index contributed by atoms with van der Waals surface area (Å²) in [6, 6.07) is 5.35. The minimum Gasteiger partial charge on any atom is -0.461 e. The SMILES string of the molecule is O=C1C[C@@H](C(=O)Nc2c(F)cccc2F)n2c(nnc2-c2ccco2)N1. The number of halogens is 2. The number of hydrogen-bond donors (Lipinski definition) is 2. The summed E-state index contributed by atoms with van der Waals surface area (Å²) in [6.07, 6.45) is 1.17. The van der Waals surface area contributed by atoms with E-state index >= 15 is 0 Å². The third kappa shape index (κ3) is 2.61. The first-order valence-electron chi connectivity index (χ1n) is 7.58. The normalized spacial score (nSPS) is 16.1. The molecule has 1 atom stereocenters. The average Bonchev–Trinajstić information content (AvgIpc) is 3.26. The Morgan fingerprint density at radius 1 is 1.23 bits per heavy atom. The average molecular weight is 359 g/mol. The van der Waals surface area contributed by atoms with Crippen LogP contribution in [0.5, 0.6) is 0 Å². The summed E-state index contributed by atoms with van der Waals surface area (Å²) < 4.78 is 34.2. The van der Waals surface area contributed by atoms with Gasteiger partial charge in [-0.1, -0.05) is 6.07 Å². The number of nitrogens with zero attached hydrogens (tertiary/aromatic N) is 3. The molecule has 0 fully saturated rings. The van der Waals surface area contributed by atoms with Crippen LogP contribution in [0.25, 0.3) is 11.6 Å². The Bertz CT molecular complexity index is 979. The van der Waals surface area contributed by atoms with Crippen LogP contribution in [0.1, 0.15) is 12.5 Å². The van der Waals surface area contributed by atoms with Gasteiger partial charge in [0, 0.05) is 0 Å². The minimum absolute atomic E-state index is 0.0433. The lowest BCUT2D eigenvalue weighted by molar-refractivity contribution is -0.125. The molecule has 1 aromatic carbocycles. The van der Waals surface area contributed by atoms with Crippen LogP contribution in [0.4, 0.5) is 20.4 Å². The van der Waals surface area contributed by atoms with Gasteiger partial charge >= 0.3 is 0 Å². The lowest BCUT2D eigenvalue weighted by Gasteiger charge is -2.24. The molecule has 0 radical (unpaired) electrons. The van der Waals surface area contributed by atoms with Crippen LogP contribution in [0, 0.1) is 11.6 Å². The number of anilines is 2. The summed E-state index contributed by atoms with van der Waals surface area (Å²) in [5.74, 6) is -2.51. The number of carbonyl (C=O) groups excluding carboxylic acids is 2. The van der Waals surface area contributed by atoms with Crippen LogP contribution in [0.2, 0.25) is 0 Å². The van der Waals surface area contributed by atoms with Gasteiger partial charge in [0.1, 0.15) is 23.4 Å². The molecule has 3 heterocycles. The van der Waals surface area contributed by atoms with Crippen molar-refractivity contribution in [3.05, 3.63) is 48.2 Å². The molecular weight excluding hydrogens is 348 g/mol. The van der Waals surface area contributed by atoms with Crippen LogP contribution in [0.15, 0.2) is 41.0 Å². The fraction of sp³-hybridized carbons (Fsp3) is 0.125. The van der Waals surface area contributed by atoms with Crippen LogP contribution >= 0.6 is 0 Å². The number of hydrogen-bond acceptors (Lipinski definition) is 5. The first kappa shape index (κ1) is 15.9.